The Labute approximate surface area is 122 Å². The number of thioether (sulfide) groups is 1. The van der Waals surface area contributed by atoms with Gasteiger partial charge in [-0.25, -0.2) is 8.42 Å². The molecule has 0 spiro atoms. The highest BCUT2D eigenvalue weighted by Gasteiger charge is 2.48. The monoisotopic (exact) mass is 315 g/mol. The maximum absolute atomic E-state index is 11.7. The fourth-order valence-electron chi connectivity index (χ4n) is 2.51. The Morgan fingerprint density at radius 3 is 2.63 bits per heavy atom. The number of methoxy groups -OCH3 is 1. The lowest BCUT2D eigenvalue weighted by Crippen LogP contribution is -2.36. The van der Waals surface area contributed by atoms with Gasteiger partial charge in [-0.2, -0.15) is 0 Å². The molecule has 0 N–H and O–H groups in total. The number of nitrogens with zero attached hydrogens (tertiary/aromatic N) is 1. The van der Waals surface area contributed by atoms with Crippen LogP contribution in [0.15, 0.2) is 24.3 Å². The van der Waals surface area contributed by atoms with Crippen LogP contribution in [0.5, 0.6) is 5.75 Å². The molecule has 2 saturated heterocycles. The molecule has 0 saturated carbocycles. The zero-order chi connectivity index (χ0) is 13.6. The van der Waals surface area contributed by atoms with Crippen molar-refractivity contribution in [3.05, 3.63) is 24.3 Å². The van der Waals surface area contributed by atoms with E-state index >= 15 is 0 Å². The molecule has 0 aromatic heterocycles. The molecule has 2 aliphatic rings. The van der Waals surface area contributed by atoms with Crippen molar-refractivity contribution in [3.63, 3.8) is 0 Å². The molecule has 0 amide bonds. The van der Waals surface area contributed by atoms with Gasteiger partial charge in [-0.3, -0.25) is 0 Å². The molecular weight excluding hydrogens is 302 g/mol. The molecule has 4 nitrogen and oxygen atoms in total. The predicted molar refractivity (Wildman–Crippen MR) is 81.9 cm³/mol. The number of sulfone groups is 1. The fraction of sp³-hybridized carbons (Fsp3) is 0.417. The number of hydrogen-bond acceptors (Lipinski definition) is 5. The van der Waals surface area contributed by atoms with Crippen molar-refractivity contribution >= 4 is 43.8 Å². The summed E-state index contributed by atoms with van der Waals surface area (Å²) < 4.78 is 29.3. The molecule has 102 valence electrons. The fourth-order valence-corrected chi connectivity index (χ4v) is 6.89. The van der Waals surface area contributed by atoms with Crippen LogP contribution in [0.4, 0.5) is 5.69 Å². The number of anilines is 1. The van der Waals surface area contributed by atoms with Crippen molar-refractivity contribution in [2.24, 2.45) is 0 Å². The van der Waals surface area contributed by atoms with Crippen LogP contribution in [0.3, 0.4) is 0 Å². The molecule has 7 heteroatoms. The van der Waals surface area contributed by atoms with Crippen LogP contribution in [0.1, 0.15) is 0 Å². The average Bonchev–Trinajstić information content (AvgIpc) is 2.79. The van der Waals surface area contributed by atoms with E-state index in [2.05, 4.69) is 0 Å². The molecule has 0 unspecified atom stereocenters. The van der Waals surface area contributed by atoms with E-state index in [1.54, 1.807) is 7.11 Å². The zero-order valence-corrected chi connectivity index (χ0v) is 12.7. The average molecular weight is 315 g/mol. The highest BCUT2D eigenvalue weighted by molar-refractivity contribution is 8.24. The predicted octanol–water partition coefficient (Wildman–Crippen LogP) is 1.70. The van der Waals surface area contributed by atoms with Gasteiger partial charge in [0, 0.05) is 10.9 Å². The quantitative estimate of drug-likeness (QED) is 0.774. The molecule has 0 aliphatic carbocycles. The van der Waals surface area contributed by atoms with E-state index in [1.165, 1.54) is 11.8 Å². The normalized spacial score (nSPS) is 28.5. The van der Waals surface area contributed by atoms with Gasteiger partial charge in [0.05, 0.1) is 24.7 Å². The van der Waals surface area contributed by atoms with E-state index in [0.29, 0.717) is 0 Å². The second-order valence-electron chi connectivity index (χ2n) is 4.63. The lowest BCUT2D eigenvalue weighted by Gasteiger charge is -2.24. The molecule has 0 bridgehead atoms. The highest BCUT2D eigenvalue weighted by Crippen LogP contribution is 2.41. The molecule has 2 atom stereocenters. The largest absolute Gasteiger partial charge is 0.497 e. The number of fused-ring (bicyclic) bond motifs is 1. The van der Waals surface area contributed by atoms with Crippen LogP contribution in [0, 0.1) is 0 Å². The molecule has 3 rings (SSSR count). The molecule has 0 radical (unpaired) electrons. The Balaban J connectivity index is 1.92. The summed E-state index contributed by atoms with van der Waals surface area (Å²) in [6.45, 7) is 0. The molecular formula is C12H13NO3S3. The minimum Gasteiger partial charge on any atom is -0.497 e. The summed E-state index contributed by atoms with van der Waals surface area (Å²) >= 11 is 6.87. The van der Waals surface area contributed by atoms with Crippen LogP contribution < -0.4 is 9.64 Å². The van der Waals surface area contributed by atoms with Crippen molar-refractivity contribution in [1.82, 2.24) is 0 Å². The van der Waals surface area contributed by atoms with Crippen LogP contribution >= 0.6 is 24.0 Å². The van der Waals surface area contributed by atoms with Gasteiger partial charge in [0.25, 0.3) is 0 Å². The number of benzene rings is 1. The molecule has 2 heterocycles. The van der Waals surface area contributed by atoms with Crippen molar-refractivity contribution in [1.29, 1.82) is 0 Å². The maximum atomic E-state index is 11.7. The van der Waals surface area contributed by atoms with Crippen molar-refractivity contribution in [2.75, 3.05) is 23.5 Å². The van der Waals surface area contributed by atoms with Gasteiger partial charge in [-0.1, -0.05) is 24.0 Å². The van der Waals surface area contributed by atoms with Gasteiger partial charge in [-0.05, 0) is 24.3 Å². The summed E-state index contributed by atoms with van der Waals surface area (Å²) in [5.74, 6) is 1.20. The van der Waals surface area contributed by atoms with Gasteiger partial charge < -0.3 is 9.64 Å². The van der Waals surface area contributed by atoms with Gasteiger partial charge >= 0.3 is 0 Å². The van der Waals surface area contributed by atoms with Gasteiger partial charge in [0.2, 0.25) is 0 Å². The molecule has 1 aromatic rings. The molecule has 19 heavy (non-hydrogen) atoms. The lowest BCUT2D eigenvalue weighted by molar-refractivity contribution is 0.415. The summed E-state index contributed by atoms with van der Waals surface area (Å²) in [6.07, 6.45) is 0. The maximum Gasteiger partial charge on any atom is 0.153 e. The van der Waals surface area contributed by atoms with E-state index in [0.717, 1.165) is 15.8 Å². The van der Waals surface area contributed by atoms with E-state index < -0.39 is 9.84 Å². The van der Waals surface area contributed by atoms with Crippen LogP contribution in [0.25, 0.3) is 0 Å². The first-order valence-electron chi connectivity index (χ1n) is 5.84. The van der Waals surface area contributed by atoms with Gasteiger partial charge in [0.15, 0.2) is 9.84 Å². The minimum atomic E-state index is -2.93. The summed E-state index contributed by atoms with van der Waals surface area (Å²) in [7, 11) is -1.31. The SMILES string of the molecule is COc1ccc(N2C(=S)S[C@H]3CS(=O)(=O)C[C@@H]32)cc1. The highest BCUT2D eigenvalue weighted by atomic mass is 32.2. The Morgan fingerprint density at radius 2 is 2.00 bits per heavy atom. The van der Waals surface area contributed by atoms with E-state index in [9.17, 15) is 8.42 Å². The van der Waals surface area contributed by atoms with Crippen LogP contribution in [0.2, 0.25) is 0 Å². The second-order valence-corrected chi connectivity index (χ2v) is 8.66. The minimum absolute atomic E-state index is 0.0316. The standard InChI is InChI=1S/C12H13NO3S3/c1-16-9-4-2-8(3-5-9)13-10-6-19(14,15)7-11(10)18-12(13)17/h2-5,10-11H,6-7H2,1H3/t10-,11-/m0/s1. The number of ether oxygens (including phenoxy) is 1. The molecule has 2 fully saturated rings. The van der Waals surface area contributed by atoms with Gasteiger partial charge in [-0.15, -0.1) is 0 Å². The summed E-state index contributed by atoms with van der Waals surface area (Å²) in [5.41, 5.74) is 0.933. The Kier molecular flexibility index (Phi) is 3.23. The van der Waals surface area contributed by atoms with Crippen molar-refractivity contribution in [2.45, 2.75) is 11.3 Å². The summed E-state index contributed by atoms with van der Waals surface area (Å²) in [5, 5.41) is 0.0691. The topological polar surface area (TPSA) is 46.6 Å². The third kappa shape index (κ3) is 2.34. The second kappa shape index (κ2) is 4.64. The zero-order valence-electron chi connectivity index (χ0n) is 10.3. The number of hydrogen-bond donors (Lipinski definition) is 0. The molecule has 1 aromatic carbocycles. The Bertz CT molecular complexity index is 612. The first kappa shape index (κ1) is 13.2. The number of thiocarbonyl (C=S) groups is 1. The Morgan fingerprint density at radius 1 is 1.32 bits per heavy atom. The third-order valence-corrected chi connectivity index (χ3v) is 7.00. The first-order chi connectivity index (χ1) is 9.00. The van der Waals surface area contributed by atoms with E-state index in [4.69, 9.17) is 17.0 Å². The first-order valence-corrected chi connectivity index (χ1v) is 8.95. The van der Waals surface area contributed by atoms with Crippen molar-refractivity contribution < 1.29 is 13.2 Å². The van der Waals surface area contributed by atoms with Crippen LogP contribution in [-0.2, 0) is 9.84 Å². The Hall–Kier alpha value is -0.790. The summed E-state index contributed by atoms with van der Waals surface area (Å²) in [4.78, 5) is 1.97. The van der Waals surface area contributed by atoms with Crippen molar-refractivity contribution in [3.8, 4) is 5.75 Å². The van der Waals surface area contributed by atoms with Gasteiger partial charge in [0.1, 0.15) is 10.1 Å². The van der Waals surface area contributed by atoms with E-state index in [-0.39, 0.29) is 22.8 Å². The van der Waals surface area contributed by atoms with E-state index in [1.807, 2.05) is 29.2 Å². The lowest BCUT2D eigenvalue weighted by atomic mass is 10.2. The van der Waals surface area contributed by atoms with Crippen LogP contribution in [-0.4, -0.2) is 42.6 Å². The smallest absolute Gasteiger partial charge is 0.153 e. The summed E-state index contributed by atoms with van der Waals surface area (Å²) in [6, 6.07) is 7.52. The third-order valence-electron chi connectivity index (χ3n) is 3.40. The number of rotatable bonds is 2. The molecule has 2 aliphatic heterocycles.